The highest BCUT2D eigenvalue weighted by molar-refractivity contribution is 7.17. The molecule has 2 aliphatic rings. The minimum atomic E-state index is 0.678. The van der Waals surface area contributed by atoms with E-state index in [9.17, 15) is 0 Å². The maximum atomic E-state index is 5.16. The number of thiophene rings is 1. The van der Waals surface area contributed by atoms with E-state index in [-0.39, 0.29) is 0 Å². The summed E-state index contributed by atoms with van der Waals surface area (Å²) < 4.78 is 2.62. The molecule has 9 aromatic rings. The minimum absolute atomic E-state index is 0.678. The number of aryl methyl sites for hydroxylation is 1. The smallest absolute Gasteiger partial charge is 0.164 e. The number of hydrogen-bond donors (Lipinski definition) is 0. The van der Waals surface area contributed by atoms with Crippen LogP contribution in [0.25, 0.3) is 73.1 Å². The molecule has 0 unspecified atom stereocenters. The average molecular weight is 789 g/mol. The summed E-state index contributed by atoms with van der Waals surface area (Å²) in [6.07, 6.45) is 10.9. The quantitative estimate of drug-likeness (QED) is 0.154. The van der Waals surface area contributed by atoms with Gasteiger partial charge in [-0.3, -0.25) is 0 Å². The summed E-state index contributed by atoms with van der Waals surface area (Å²) in [5.74, 6) is 2.05. The molecule has 0 N–H and O–H groups in total. The van der Waals surface area contributed by atoms with Gasteiger partial charge in [0.05, 0.1) is 0 Å². The van der Waals surface area contributed by atoms with Gasteiger partial charge in [0.15, 0.2) is 17.5 Å². The molecule has 0 aliphatic heterocycles. The van der Waals surface area contributed by atoms with Crippen LogP contribution < -0.4 is 14.7 Å². The molecule has 0 bridgehead atoms. The Bertz CT molecular complexity index is 3190. The van der Waals surface area contributed by atoms with Crippen molar-refractivity contribution in [1.29, 1.82) is 0 Å². The Morgan fingerprint density at radius 2 is 1.05 bits per heavy atom. The first-order valence-corrected chi connectivity index (χ1v) is 21.5. The highest BCUT2D eigenvalue weighted by atomic mass is 32.1. The van der Waals surface area contributed by atoms with Crippen LogP contribution >= 0.6 is 11.3 Å². The molecule has 0 spiro atoms. The third kappa shape index (κ3) is 6.83. The SMILES string of the molecule is C1=Cc2ccc(-c3nc(-c4ccccc4)nc(-c4cccc(C5=c6c(sc7cc(N(c8ccccc8)c8ccc(-c9ccccc9)cc8)ccc67)=CCC5)c4)n3)cc2CC1. The molecule has 0 radical (unpaired) electrons. The van der Waals surface area contributed by atoms with Gasteiger partial charge < -0.3 is 4.90 Å². The van der Waals surface area contributed by atoms with E-state index in [0.29, 0.717) is 17.5 Å². The maximum Gasteiger partial charge on any atom is 0.164 e. The van der Waals surface area contributed by atoms with Crippen LogP contribution in [-0.2, 0) is 6.42 Å². The number of nitrogens with zero attached hydrogens (tertiary/aromatic N) is 4. The lowest BCUT2D eigenvalue weighted by Crippen LogP contribution is -2.25. The largest absolute Gasteiger partial charge is 0.310 e. The van der Waals surface area contributed by atoms with Crippen LogP contribution in [0.3, 0.4) is 0 Å². The molecule has 0 saturated heterocycles. The van der Waals surface area contributed by atoms with Crippen LogP contribution in [0, 0.1) is 0 Å². The first-order chi connectivity index (χ1) is 29.7. The van der Waals surface area contributed by atoms with E-state index >= 15 is 0 Å². The number of aromatic nitrogens is 3. The standard InChI is InChI=1S/C55H40N4S/c1-4-14-37(15-5-1)39-28-30-46(31-29-39)59(45-22-8-3-9-23-45)47-32-33-49-51(36-47)60-50-25-13-24-48(52(49)50)42-20-12-21-43(35-42)54-56-53(40-17-6-2-7-18-40)57-55(58-54)44-27-26-38-16-10-11-19-41(38)34-44/h1-10,12,14-18,20-23,25-36H,11,13,19,24H2. The summed E-state index contributed by atoms with van der Waals surface area (Å²) in [6.45, 7) is 0. The summed E-state index contributed by atoms with van der Waals surface area (Å²) in [4.78, 5) is 17.7. The normalized spacial score (nSPS) is 13.1. The molecule has 11 rings (SSSR count). The zero-order chi connectivity index (χ0) is 39.8. The Morgan fingerprint density at radius 1 is 0.450 bits per heavy atom. The summed E-state index contributed by atoms with van der Waals surface area (Å²) in [5, 5.41) is 2.63. The van der Waals surface area contributed by atoms with Crippen molar-refractivity contribution >= 4 is 56.2 Å². The Balaban J connectivity index is 1.00. The van der Waals surface area contributed by atoms with Crippen molar-refractivity contribution < 1.29 is 0 Å². The van der Waals surface area contributed by atoms with Crippen molar-refractivity contribution in [2.24, 2.45) is 0 Å². The lowest BCUT2D eigenvalue weighted by molar-refractivity contribution is 0.984. The molecule has 2 aromatic heterocycles. The highest BCUT2D eigenvalue weighted by Crippen LogP contribution is 2.38. The molecular weight excluding hydrogens is 749 g/mol. The molecule has 0 fully saturated rings. The topological polar surface area (TPSA) is 41.9 Å². The van der Waals surface area contributed by atoms with Gasteiger partial charge in [-0.25, -0.2) is 15.0 Å². The molecule has 2 aliphatic carbocycles. The van der Waals surface area contributed by atoms with Gasteiger partial charge >= 0.3 is 0 Å². The van der Waals surface area contributed by atoms with Gasteiger partial charge in [0.1, 0.15) is 0 Å². The Kier molecular flexibility index (Phi) is 9.29. The van der Waals surface area contributed by atoms with E-state index < -0.39 is 0 Å². The maximum absolute atomic E-state index is 5.16. The highest BCUT2D eigenvalue weighted by Gasteiger charge is 2.19. The van der Waals surface area contributed by atoms with Crippen molar-refractivity contribution in [1.82, 2.24) is 15.0 Å². The second kappa shape index (κ2) is 15.5. The van der Waals surface area contributed by atoms with E-state index in [0.717, 1.165) is 59.4 Å². The van der Waals surface area contributed by atoms with Crippen molar-refractivity contribution in [3.05, 3.63) is 208 Å². The number of allylic oxidation sites excluding steroid dienone is 1. The number of fused-ring (bicyclic) bond motifs is 4. The van der Waals surface area contributed by atoms with Crippen LogP contribution in [-0.4, -0.2) is 15.0 Å². The number of para-hydroxylation sites is 1. The van der Waals surface area contributed by atoms with Crippen LogP contribution in [0.5, 0.6) is 0 Å². The van der Waals surface area contributed by atoms with Gasteiger partial charge in [-0.1, -0.05) is 146 Å². The van der Waals surface area contributed by atoms with Gasteiger partial charge in [0, 0.05) is 53.6 Å². The number of rotatable bonds is 8. The Hall–Kier alpha value is -7.21. The van der Waals surface area contributed by atoms with Gasteiger partial charge in [-0.2, -0.15) is 0 Å². The molecule has 0 amide bonds. The van der Waals surface area contributed by atoms with Gasteiger partial charge in [-0.15, -0.1) is 11.3 Å². The zero-order valence-corrected chi connectivity index (χ0v) is 33.8. The lowest BCUT2D eigenvalue weighted by atomic mass is 9.93. The first kappa shape index (κ1) is 35.9. The van der Waals surface area contributed by atoms with E-state index in [4.69, 9.17) is 15.0 Å². The fourth-order valence-electron chi connectivity index (χ4n) is 8.69. The van der Waals surface area contributed by atoms with Gasteiger partial charge in [0.25, 0.3) is 0 Å². The lowest BCUT2D eigenvalue weighted by Gasteiger charge is -2.25. The predicted octanol–water partition coefficient (Wildman–Crippen LogP) is 13.0. The Morgan fingerprint density at radius 3 is 1.82 bits per heavy atom. The predicted molar refractivity (Wildman–Crippen MR) is 251 cm³/mol. The monoisotopic (exact) mass is 788 g/mol. The number of hydrogen-bond acceptors (Lipinski definition) is 5. The van der Waals surface area contributed by atoms with Crippen LogP contribution in [0.4, 0.5) is 17.1 Å². The third-order valence-electron chi connectivity index (χ3n) is 11.6. The van der Waals surface area contributed by atoms with Crippen molar-refractivity contribution in [2.75, 3.05) is 4.90 Å². The molecule has 2 heterocycles. The summed E-state index contributed by atoms with van der Waals surface area (Å²) in [7, 11) is 0. The minimum Gasteiger partial charge on any atom is -0.310 e. The first-order valence-electron chi connectivity index (χ1n) is 20.7. The molecule has 4 nitrogen and oxygen atoms in total. The summed E-state index contributed by atoms with van der Waals surface area (Å²) >= 11 is 1.89. The van der Waals surface area contributed by atoms with Gasteiger partial charge in [0.2, 0.25) is 0 Å². The zero-order valence-electron chi connectivity index (χ0n) is 33.0. The van der Waals surface area contributed by atoms with Crippen LogP contribution in [0.2, 0.25) is 0 Å². The van der Waals surface area contributed by atoms with E-state index in [1.165, 1.54) is 53.2 Å². The molecule has 0 atom stereocenters. The van der Waals surface area contributed by atoms with Crippen molar-refractivity contribution in [3.63, 3.8) is 0 Å². The van der Waals surface area contributed by atoms with Crippen LogP contribution in [0.15, 0.2) is 182 Å². The Labute approximate surface area is 353 Å². The third-order valence-corrected chi connectivity index (χ3v) is 12.8. The van der Waals surface area contributed by atoms with Crippen molar-refractivity contribution in [3.8, 4) is 45.3 Å². The van der Waals surface area contributed by atoms with E-state index in [1.54, 1.807) is 0 Å². The molecule has 5 heteroatoms. The molecule has 7 aromatic carbocycles. The number of benzene rings is 7. The van der Waals surface area contributed by atoms with Crippen molar-refractivity contribution in [2.45, 2.75) is 25.7 Å². The molecule has 286 valence electrons. The fraction of sp³-hybridized carbons (Fsp3) is 0.0727. The fourth-order valence-corrected chi connectivity index (χ4v) is 9.92. The van der Waals surface area contributed by atoms with E-state index in [1.807, 2.05) is 29.5 Å². The van der Waals surface area contributed by atoms with E-state index in [2.05, 4.69) is 181 Å². The average Bonchev–Trinajstić information content (AvgIpc) is 3.71. The second-order valence-electron chi connectivity index (χ2n) is 15.4. The van der Waals surface area contributed by atoms with Gasteiger partial charge in [-0.05, 0) is 108 Å². The number of anilines is 3. The summed E-state index contributed by atoms with van der Waals surface area (Å²) in [5.41, 5.74) is 14.0. The molecular formula is C55H40N4S. The second-order valence-corrected chi connectivity index (χ2v) is 16.5. The summed E-state index contributed by atoms with van der Waals surface area (Å²) in [6, 6.07) is 62.8. The van der Waals surface area contributed by atoms with Crippen LogP contribution in [0.1, 0.15) is 36.0 Å². The molecule has 0 saturated carbocycles. The molecule has 60 heavy (non-hydrogen) atoms.